The zero-order valence-electron chi connectivity index (χ0n) is 31.2. The highest BCUT2D eigenvalue weighted by Gasteiger charge is 2.08. The second-order valence-electron chi connectivity index (χ2n) is 13.9. The smallest absolute Gasteiger partial charge is 0.0890 e. The SMILES string of the molecule is CCCCCCCCCCN1C=CN(C)C1.CCCCCCCCCN1C=CN(C)C1.CCCCCCCCN1C=CN(C)C1. The van der Waals surface area contributed by atoms with Crippen LogP contribution in [0.15, 0.2) is 37.2 Å². The standard InChI is InChI=1S/C14H28N2.C13H26N2.C12H24N2/c1-3-4-5-6-7-8-9-10-11-16-13-12-15(2)14-16;1-3-4-5-6-7-8-9-10-15-12-11-14(2)13-15;1-3-4-5-6-7-8-9-14-11-10-13(2)12-14/h12-13H,3-11,14H2,1-2H3;11-12H,3-10,13H2,1-2H3;10-11H,3-9,12H2,1-2H3. The molecule has 0 radical (unpaired) electrons. The fourth-order valence-electron chi connectivity index (χ4n) is 6.02. The third-order valence-corrected chi connectivity index (χ3v) is 8.96. The summed E-state index contributed by atoms with van der Waals surface area (Å²) in [6.45, 7) is 13.8. The van der Waals surface area contributed by atoms with Crippen LogP contribution in [0, 0.1) is 0 Å². The normalized spacial score (nSPS) is 15.3. The summed E-state index contributed by atoms with van der Waals surface area (Å²) in [6.07, 6.45) is 42.5. The van der Waals surface area contributed by atoms with Crippen molar-refractivity contribution in [3.05, 3.63) is 37.2 Å². The maximum Gasteiger partial charge on any atom is 0.0890 e. The van der Waals surface area contributed by atoms with E-state index in [9.17, 15) is 0 Å². The maximum atomic E-state index is 2.40. The van der Waals surface area contributed by atoms with Gasteiger partial charge in [0.1, 0.15) is 0 Å². The number of unbranched alkanes of at least 4 members (excludes halogenated alkanes) is 18. The van der Waals surface area contributed by atoms with Gasteiger partial charge in [0.2, 0.25) is 0 Å². The van der Waals surface area contributed by atoms with Crippen molar-refractivity contribution in [2.24, 2.45) is 0 Å². The van der Waals surface area contributed by atoms with Crippen molar-refractivity contribution in [3.8, 4) is 0 Å². The Balaban J connectivity index is 0.000000338. The van der Waals surface area contributed by atoms with Gasteiger partial charge in [-0.05, 0) is 19.3 Å². The molecule has 0 amide bonds. The van der Waals surface area contributed by atoms with Gasteiger partial charge in [0, 0.05) is 78.0 Å². The summed E-state index contributed by atoms with van der Waals surface area (Å²) in [5, 5.41) is 0. The van der Waals surface area contributed by atoms with Crippen molar-refractivity contribution in [3.63, 3.8) is 0 Å². The van der Waals surface area contributed by atoms with Crippen molar-refractivity contribution in [1.29, 1.82) is 0 Å². The van der Waals surface area contributed by atoms with E-state index in [2.05, 4.69) is 109 Å². The van der Waals surface area contributed by atoms with Crippen LogP contribution in [0.1, 0.15) is 156 Å². The molecule has 3 aliphatic heterocycles. The topological polar surface area (TPSA) is 19.4 Å². The predicted molar refractivity (Wildman–Crippen MR) is 199 cm³/mol. The zero-order chi connectivity index (χ0) is 32.8. The minimum atomic E-state index is 1.08. The summed E-state index contributed by atoms with van der Waals surface area (Å²) >= 11 is 0. The second-order valence-corrected chi connectivity index (χ2v) is 13.9. The Morgan fingerprint density at radius 3 is 0.733 bits per heavy atom. The van der Waals surface area contributed by atoms with Gasteiger partial charge in [0.25, 0.3) is 0 Å². The van der Waals surface area contributed by atoms with E-state index < -0.39 is 0 Å². The van der Waals surface area contributed by atoms with Crippen molar-refractivity contribution in [1.82, 2.24) is 29.4 Å². The van der Waals surface area contributed by atoms with Crippen molar-refractivity contribution in [2.45, 2.75) is 156 Å². The van der Waals surface area contributed by atoms with Crippen molar-refractivity contribution in [2.75, 3.05) is 60.8 Å². The lowest BCUT2D eigenvalue weighted by Gasteiger charge is -2.17. The molecule has 0 saturated heterocycles. The summed E-state index contributed by atoms with van der Waals surface area (Å²) in [4.78, 5) is 13.9. The molecule has 264 valence electrons. The van der Waals surface area contributed by atoms with Crippen LogP contribution in [0.3, 0.4) is 0 Å². The van der Waals surface area contributed by atoms with Crippen LogP contribution < -0.4 is 0 Å². The lowest BCUT2D eigenvalue weighted by atomic mass is 10.1. The Kier molecular flexibility index (Phi) is 26.8. The lowest BCUT2D eigenvalue weighted by molar-refractivity contribution is 0.290. The summed E-state index contributed by atoms with van der Waals surface area (Å²) in [7, 11) is 6.38. The highest BCUT2D eigenvalue weighted by Crippen LogP contribution is 2.12. The van der Waals surface area contributed by atoms with Crippen LogP contribution in [-0.2, 0) is 0 Å². The minimum absolute atomic E-state index is 1.08. The molecule has 0 unspecified atom stereocenters. The first-order valence-corrected chi connectivity index (χ1v) is 19.4. The van der Waals surface area contributed by atoms with E-state index in [1.807, 2.05) is 0 Å². The fourth-order valence-corrected chi connectivity index (χ4v) is 6.02. The van der Waals surface area contributed by atoms with Gasteiger partial charge in [-0.3, -0.25) is 0 Å². The fraction of sp³-hybridized carbons (Fsp3) is 0.846. The maximum absolute atomic E-state index is 2.40. The average Bonchev–Trinajstić information content (AvgIpc) is 3.77. The average molecular weight is 631 g/mol. The first kappa shape index (κ1) is 41.0. The number of hydrogen-bond donors (Lipinski definition) is 0. The van der Waals surface area contributed by atoms with Gasteiger partial charge in [-0.1, -0.05) is 136 Å². The Bertz CT molecular complexity index is 722. The molecule has 0 spiro atoms. The van der Waals surface area contributed by atoms with E-state index in [4.69, 9.17) is 0 Å². The largest absolute Gasteiger partial charge is 0.362 e. The van der Waals surface area contributed by atoms with Crippen LogP contribution in [-0.4, -0.2) is 90.2 Å². The molecule has 0 bridgehead atoms. The molecule has 0 N–H and O–H groups in total. The summed E-state index contributed by atoms with van der Waals surface area (Å²) in [6, 6.07) is 0. The summed E-state index contributed by atoms with van der Waals surface area (Å²) in [5.41, 5.74) is 0. The molecule has 0 aliphatic carbocycles. The first-order chi connectivity index (χ1) is 22.0. The molecule has 0 aromatic carbocycles. The van der Waals surface area contributed by atoms with Gasteiger partial charge in [-0.15, -0.1) is 0 Å². The Labute approximate surface area is 282 Å². The van der Waals surface area contributed by atoms with E-state index in [0.717, 1.165) is 20.0 Å². The number of hydrogen-bond acceptors (Lipinski definition) is 6. The molecule has 6 nitrogen and oxygen atoms in total. The Morgan fingerprint density at radius 2 is 0.533 bits per heavy atom. The zero-order valence-corrected chi connectivity index (χ0v) is 31.2. The van der Waals surface area contributed by atoms with Crippen molar-refractivity contribution >= 4 is 0 Å². The van der Waals surface area contributed by atoms with Gasteiger partial charge >= 0.3 is 0 Å². The lowest BCUT2D eigenvalue weighted by Crippen LogP contribution is -2.23. The first-order valence-electron chi connectivity index (χ1n) is 19.4. The molecule has 3 heterocycles. The molecule has 3 aliphatic rings. The molecular weight excluding hydrogens is 552 g/mol. The predicted octanol–water partition coefficient (Wildman–Crippen LogP) is 10.2. The molecule has 0 atom stereocenters. The van der Waals surface area contributed by atoms with E-state index in [0.29, 0.717) is 0 Å². The Hall–Kier alpha value is -1.98. The van der Waals surface area contributed by atoms with Gasteiger partial charge in [0.15, 0.2) is 0 Å². The van der Waals surface area contributed by atoms with Gasteiger partial charge < -0.3 is 29.4 Å². The minimum Gasteiger partial charge on any atom is -0.362 e. The van der Waals surface area contributed by atoms with E-state index in [-0.39, 0.29) is 0 Å². The van der Waals surface area contributed by atoms with Gasteiger partial charge in [-0.2, -0.15) is 0 Å². The molecule has 0 aromatic heterocycles. The van der Waals surface area contributed by atoms with E-state index >= 15 is 0 Å². The molecule has 6 heteroatoms. The molecule has 3 rings (SSSR count). The highest BCUT2D eigenvalue weighted by molar-refractivity contribution is 4.89. The Morgan fingerprint density at radius 1 is 0.311 bits per heavy atom. The van der Waals surface area contributed by atoms with Crippen LogP contribution >= 0.6 is 0 Å². The third-order valence-electron chi connectivity index (χ3n) is 8.96. The second kappa shape index (κ2) is 29.4. The van der Waals surface area contributed by atoms with Gasteiger partial charge in [0.05, 0.1) is 20.0 Å². The van der Waals surface area contributed by atoms with E-state index in [1.54, 1.807) is 0 Å². The summed E-state index contributed by atoms with van der Waals surface area (Å²) < 4.78 is 0. The molecule has 0 saturated carbocycles. The quantitative estimate of drug-likeness (QED) is 0.0982. The van der Waals surface area contributed by atoms with Gasteiger partial charge in [-0.25, -0.2) is 0 Å². The van der Waals surface area contributed by atoms with Crippen LogP contribution in [0.5, 0.6) is 0 Å². The van der Waals surface area contributed by atoms with Crippen LogP contribution in [0.25, 0.3) is 0 Å². The monoisotopic (exact) mass is 631 g/mol. The van der Waals surface area contributed by atoms with Crippen LogP contribution in [0.2, 0.25) is 0 Å². The van der Waals surface area contributed by atoms with E-state index in [1.165, 1.54) is 154 Å². The van der Waals surface area contributed by atoms with Crippen LogP contribution in [0.4, 0.5) is 0 Å². The molecule has 0 aromatic rings. The highest BCUT2D eigenvalue weighted by atomic mass is 15.3. The molecule has 0 fully saturated rings. The third kappa shape index (κ3) is 24.9. The number of rotatable bonds is 24. The molecule has 45 heavy (non-hydrogen) atoms. The summed E-state index contributed by atoms with van der Waals surface area (Å²) in [5.74, 6) is 0. The number of nitrogens with zero attached hydrogens (tertiary/aromatic N) is 6. The molecular formula is C39H78N6. The van der Waals surface area contributed by atoms with Crippen molar-refractivity contribution < 1.29 is 0 Å².